The molecule has 1 aliphatic rings. The molecule has 0 saturated carbocycles. The number of aryl methyl sites for hydroxylation is 2. The smallest absolute Gasteiger partial charge is 0.323 e. The SMILES string of the molecule is Cc1ccc(N2CC(c3nc(-c4cccc(NC(=O)Nc5ccccc5)c4)no3)CC2=O)cc1C. The van der Waals surface area contributed by atoms with Crippen LogP contribution in [0.5, 0.6) is 0 Å². The van der Waals surface area contributed by atoms with E-state index in [1.54, 1.807) is 17.0 Å². The van der Waals surface area contributed by atoms with Crippen LogP contribution in [0.2, 0.25) is 0 Å². The molecule has 1 fully saturated rings. The van der Waals surface area contributed by atoms with Crippen LogP contribution in [-0.4, -0.2) is 28.6 Å². The van der Waals surface area contributed by atoms with E-state index in [1.165, 1.54) is 5.56 Å². The molecule has 1 saturated heterocycles. The highest BCUT2D eigenvalue weighted by Crippen LogP contribution is 2.33. The van der Waals surface area contributed by atoms with Gasteiger partial charge in [-0.3, -0.25) is 4.79 Å². The summed E-state index contributed by atoms with van der Waals surface area (Å²) in [5.41, 5.74) is 5.21. The highest BCUT2D eigenvalue weighted by molar-refractivity contribution is 6.00. The molecule has 5 rings (SSSR count). The molecular formula is C27H25N5O3. The fourth-order valence-corrected chi connectivity index (χ4v) is 4.09. The topological polar surface area (TPSA) is 100 Å². The van der Waals surface area contributed by atoms with Crippen LogP contribution in [-0.2, 0) is 4.79 Å². The highest BCUT2D eigenvalue weighted by Gasteiger charge is 2.35. The predicted molar refractivity (Wildman–Crippen MR) is 134 cm³/mol. The first-order valence-electron chi connectivity index (χ1n) is 11.4. The molecule has 0 radical (unpaired) electrons. The molecule has 0 bridgehead atoms. The zero-order valence-corrected chi connectivity index (χ0v) is 19.5. The largest absolute Gasteiger partial charge is 0.339 e. The Hall–Kier alpha value is -4.46. The number of hydrogen-bond donors (Lipinski definition) is 2. The molecule has 3 amide bonds. The van der Waals surface area contributed by atoms with E-state index in [1.807, 2.05) is 74.5 Å². The van der Waals surface area contributed by atoms with Crippen LogP contribution in [0.3, 0.4) is 0 Å². The number of benzene rings is 3. The lowest BCUT2D eigenvalue weighted by Crippen LogP contribution is -2.24. The number of anilines is 3. The van der Waals surface area contributed by atoms with Gasteiger partial charge in [0.15, 0.2) is 0 Å². The zero-order chi connectivity index (χ0) is 24.4. The summed E-state index contributed by atoms with van der Waals surface area (Å²) in [7, 11) is 0. The Morgan fingerprint density at radius 2 is 1.71 bits per heavy atom. The maximum Gasteiger partial charge on any atom is 0.323 e. The molecule has 3 aromatic carbocycles. The molecule has 8 heteroatoms. The second-order valence-electron chi connectivity index (χ2n) is 8.66. The van der Waals surface area contributed by atoms with E-state index in [0.717, 1.165) is 11.3 Å². The summed E-state index contributed by atoms with van der Waals surface area (Å²) < 4.78 is 5.54. The van der Waals surface area contributed by atoms with Crippen LogP contribution in [0.4, 0.5) is 21.9 Å². The Kier molecular flexibility index (Phi) is 6.01. The van der Waals surface area contributed by atoms with Crippen molar-refractivity contribution in [2.45, 2.75) is 26.2 Å². The van der Waals surface area contributed by atoms with E-state index in [0.29, 0.717) is 41.6 Å². The van der Waals surface area contributed by atoms with Crippen molar-refractivity contribution in [1.82, 2.24) is 10.1 Å². The number of rotatable bonds is 5. The molecule has 1 atom stereocenters. The number of amides is 3. The molecule has 1 aromatic heterocycles. The first-order chi connectivity index (χ1) is 17.0. The predicted octanol–water partition coefficient (Wildman–Crippen LogP) is 5.52. The molecule has 2 N–H and O–H groups in total. The number of aromatic nitrogens is 2. The van der Waals surface area contributed by atoms with Crippen molar-refractivity contribution in [2.24, 2.45) is 0 Å². The molecular weight excluding hydrogens is 442 g/mol. The quantitative estimate of drug-likeness (QED) is 0.403. The van der Waals surface area contributed by atoms with Crippen molar-refractivity contribution < 1.29 is 14.1 Å². The second-order valence-corrected chi connectivity index (χ2v) is 8.66. The van der Waals surface area contributed by atoms with Crippen LogP contribution in [0.25, 0.3) is 11.4 Å². The van der Waals surface area contributed by atoms with Crippen molar-refractivity contribution in [3.8, 4) is 11.4 Å². The summed E-state index contributed by atoms with van der Waals surface area (Å²) in [6, 6.07) is 22.1. The lowest BCUT2D eigenvalue weighted by Gasteiger charge is -2.17. The summed E-state index contributed by atoms with van der Waals surface area (Å²) >= 11 is 0. The van der Waals surface area contributed by atoms with Gasteiger partial charge in [-0.25, -0.2) is 4.79 Å². The molecule has 0 aliphatic carbocycles. The molecule has 1 aliphatic heterocycles. The van der Waals surface area contributed by atoms with Crippen LogP contribution in [0.15, 0.2) is 77.3 Å². The van der Waals surface area contributed by atoms with Gasteiger partial charge in [0.1, 0.15) is 0 Å². The number of carbonyl (C=O) groups is 2. The monoisotopic (exact) mass is 467 g/mol. The summed E-state index contributed by atoms with van der Waals surface area (Å²) in [6.45, 7) is 4.58. The first kappa shape index (κ1) is 22.3. The van der Waals surface area contributed by atoms with Crippen molar-refractivity contribution in [1.29, 1.82) is 0 Å². The maximum absolute atomic E-state index is 12.7. The van der Waals surface area contributed by atoms with E-state index < -0.39 is 0 Å². The molecule has 2 heterocycles. The summed E-state index contributed by atoms with van der Waals surface area (Å²) in [4.78, 5) is 31.4. The second kappa shape index (κ2) is 9.42. The van der Waals surface area contributed by atoms with Crippen molar-refractivity contribution >= 4 is 29.0 Å². The molecule has 35 heavy (non-hydrogen) atoms. The van der Waals surface area contributed by atoms with Gasteiger partial charge >= 0.3 is 6.03 Å². The number of carbonyl (C=O) groups excluding carboxylic acids is 2. The molecule has 176 valence electrons. The average molecular weight is 468 g/mol. The van der Waals surface area contributed by atoms with Gasteiger partial charge < -0.3 is 20.1 Å². The van der Waals surface area contributed by atoms with Gasteiger partial charge in [0.25, 0.3) is 0 Å². The zero-order valence-electron chi connectivity index (χ0n) is 19.5. The van der Waals surface area contributed by atoms with E-state index in [2.05, 4.69) is 20.8 Å². The van der Waals surface area contributed by atoms with Gasteiger partial charge in [-0.1, -0.05) is 41.6 Å². The van der Waals surface area contributed by atoms with Gasteiger partial charge in [-0.05, 0) is 61.4 Å². The number of hydrogen-bond acceptors (Lipinski definition) is 5. The molecule has 1 unspecified atom stereocenters. The third-order valence-electron chi connectivity index (χ3n) is 6.13. The Morgan fingerprint density at radius 3 is 2.51 bits per heavy atom. The fourth-order valence-electron chi connectivity index (χ4n) is 4.09. The minimum absolute atomic E-state index is 0.0358. The van der Waals surface area contributed by atoms with Crippen LogP contribution < -0.4 is 15.5 Å². The summed E-state index contributed by atoms with van der Waals surface area (Å²) in [5.74, 6) is 0.695. The first-order valence-corrected chi connectivity index (χ1v) is 11.4. The fraction of sp³-hybridized carbons (Fsp3) is 0.185. The standard InChI is InChI=1S/C27H25N5O3/c1-17-11-12-23(13-18(17)2)32-16-20(15-24(32)33)26-30-25(31-35-26)19-7-6-10-22(14-19)29-27(34)28-21-8-4-3-5-9-21/h3-14,20H,15-16H2,1-2H3,(H2,28,29,34). The van der Waals surface area contributed by atoms with Crippen LogP contribution in [0.1, 0.15) is 29.4 Å². The van der Waals surface area contributed by atoms with E-state index in [9.17, 15) is 9.59 Å². The van der Waals surface area contributed by atoms with Gasteiger partial charge in [-0.15, -0.1) is 0 Å². The third kappa shape index (κ3) is 4.91. The van der Waals surface area contributed by atoms with Crippen molar-refractivity contribution in [2.75, 3.05) is 22.1 Å². The average Bonchev–Trinajstić information content (AvgIpc) is 3.49. The highest BCUT2D eigenvalue weighted by atomic mass is 16.5. The Bertz CT molecular complexity index is 1380. The van der Waals surface area contributed by atoms with E-state index in [-0.39, 0.29) is 17.9 Å². The van der Waals surface area contributed by atoms with Crippen LogP contribution >= 0.6 is 0 Å². The molecule has 0 spiro atoms. The minimum atomic E-state index is -0.349. The Labute approximate surface area is 203 Å². The third-order valence-corrected chi connectivity index (χ3v) is 6.13. The Morgan fingerprint density at radius 1 is 0.943 bits per heavy atom. The normalized spacial score (nSPS) is 15.3. The van der Waals surface area contributed by atoms with Gasteiger partial charge in [0.05, 0.1) is 5.92 Å². The lowest BCUT2D eigenvalue weighted by atomic mass is 10.1. The summed E-state index contributed by atoms with van der Waals surface area (Å²) in [5, 5.41) is 9.72. The van der Waals surface area contributed by atoms with E-state index in [4.69, 9.17) is 4.52 Å². The van der Waals surface area contributed by atoms with Crippen LogP contribution in [0, 0.1) is 13.8 Å². The maximum atomic E-state index is 12.7. The van der Waals surface area contributed by atoms with Crippen molar-refractivity contribution in [3.05, 3.63) is 89.8 Å². The van der Waals surface area contributed by atoms with E-state index >= 15 is 0 Å². The Balaban J connectivity index is 1.28. The number of nitrogens with zero attached hydrogens (tertiary/aromatic N) is 3. The van der Waals surface area contributed by atoms with Gasteiger partial charge in [0.2, 0.25) is 17.6 Å². The lowest BCUT2D eigenvalue weighted by molar-refractivity contribution is -0.117. The number of urea groups is 1. The number of nitrogens with one attached hydrogen (secondary N) is 2. The van der Waals surface area contributed by atoms with Gasteiger partial charge in [0, 0.05) is 35.6 Å². The van der Waals surface area contributed by atoms with Gasteiger partial charge in [-0.2, -0.15) is 4.98 Å². The van der Waals surface area contributed by atoms with Crippen molar-refractivity contribution in [3.63, 3.8) is 0 Å². The minimum Gasteiger partial charge on any atom is -0.339 e. The molecule has 8 nitrogen and oxygen atoms in total. The molecule has 4 aromatic rings. The number of para-hydroxylation sites is 1. The summed E-state index contributed by atoms with van der Waals surface area (Å²) in [6.07, 6.45) is 0.315.